The van der Waals surface area contributed by atoms with Gasteiger partial charge in [0.1, 0.15) is 0 Å². The second kappa shape index (κ2) is 3.44. The fraction of sp³-hybridized carbons (Fsp3) is 0. The zero-order chi connectivity index (χ0) is 9.42. The van der Waals surface area contributed by atoms with E-state index >= 15 is 0 Å². The fourth-order valence-electron chi connectivity index (χ4n) is 1.23. The second-order valence-corrected chi connectivity index (χ2v) is 5.38. The molecule has 0 spiro atoms. The van der Waals surface area contributed by atoms with E-state index in [1.54, 1.807) is 17.4 Å². The minimum absolute atomic E-state index is 0.699. The summed E-state index contributed by atoms with van der Waals surface area (Å²) in [6.07, 6.45) is 0.862. The number of thiophene rings is 1. The van der Waals surface area contributed by atoms with Crippen LogP contribution in [-0.2, 0) is 0 Å². The molecule has 0 aliphatic heterocycles. The van der Waals surface area contributed by atoms with E-state index < -0.39 is 0 Å². The summed E-state index contributed by atoms with van der Waals surface area (Å²) in [5, 5.41) is 0.942. The molecule has 0 saturated carbocycles. The summed E-state index contributed by atoms with van der Waals surface area (Å²) in [5.41, 5.74) is 0.699. The molecule has 0 bridgehead atoms. The van der Waals surface area contributed by atoms with E-state index in [0.29, 0.717) is 5.56 Å². The number of rotatable bonds is 1. The predicted molar refractivity (Wildman–Crippen MR) is 62.2 cm³/mol. The van der Waals surface area contributed by atoms with Crippen LogP contribution in [0.15, 0.2) is 26.9 Å². The van der Waals surface area contributed by atoms with Crippen LogP contribution in [0.5, 0.6) is 0 Å². The minimum Gasteiger partial charge on any atom is -0.298 e. The molecule has 13 heavy (non-hydrogen) atoms. The molecule has 4 heteroatoms. The van der Waals surface area contributed by atoms with Crippen molar-refractivity contribution in [2.45, 2.75) is 4.90 Å². The van der Waals surface area contributed by atoms with E-state index in [4.69, 9.17) is 0 Å². The van der Waals surface area contributed by atoms with Gasteiger partial charge < -0.3 is 0 Å². The average Bonchev–Trinajstić information content (AvgIpc) is 2.43. The Morgan fingerprint density at radius 2 is 2.23 bits per heavy atom. The Labute approximate surface area is 93.3 Å². The summed E-state index contributed by atoms with van der Waals surface area (Å²) in [6, 6.07) is 5.66. The Morgan fingerprint density at radius 3 is 2.92 bits per heavy atom. The molecule has 66 valence electrons. The van der Waals surface area contributed by atoms with Crippen LogP contribution in [0.3, 0.4) is 0 Å². The molecular formula is C9H5BrOS2. The van der Waals surface area contributed by atoms with Crippen molar-refractivity contribution in [3.8, 4) is 0 Å². The van der Waals surface area contributed by atoms with Gasteiger partial charge in [0.2, 0.25) is 0 Å². The number of hydrogen-bond acceptors (Lipinski definition) is 3. The van der Waals surface area contributed by atoms with Gasteiger partial charge in [-0.2, -0.15) is 0 Å². The molecule has 0 atom stereocenters. The lowest BCUT2D eigenvalue weighted by Crippen LogP contribution is -1.79. The molecule has 0 unspecified atom stereocenters. The van der Waals surface area contributed by atoms with Crippen molar-refractivity contribution < 1.29 is 4.79 Å². The lowest BCUT2D eigenvalue weighted by molar-refractivity contribution is 0.112. The lowest BCUT2D eigenvalue weighted by atomic mass is 10.1. The van der Waals surface area contributed by atoms with Crippen LogP contribution in [0.1, 0.15) is 10.4 Å². The van der Waals surface area contributed by atoms with Crippen molar-refractivity contribution in [2.75, 3.05) is 0 Å². The van der Waals surface area contributed by atoms with Gasteiger partial charge in [-0.3, -0.25) is 4.79 Å². The predicted octanol–water partition coefficient (Wildman–Crippen LogP) is 3.77. The number of halogens is 1. The number of carbonyl (C=O) groups is 1. The zero-order valence-electron chi connectivity index (χ0n) is 6.45. The number of thiol groups is 1. The summed E-state index contributed by atoms with van der Waals surface area (Å²) in [7, 11) is 0. The highest BCUT2D eigenvalue weighted by atomic mass is 79.9. The first kappa shape index (κ1) is 9.24. The van der Waals surface area contributed by atoms with Crippen molar-refractivity contribution in [1.29, 1.82) is 0 Å². The van der Waals surface area contributed by atoms with Crippen LogP contribution in [0, 0.1) is 0 Å². The maximum Gasteiger partial charge on any atom is 0.150 e. The average molecular weight is 273 g/mol. The maximum absolute atomic E-state index is 10.7. The quantitative estimate of drug-likeness (QED) is 0.618. The van der Waals surface area contributed by atoms with E-state index in [9.17, 15) is 4.79 Å². The SMILES string of the molecule is O=Cc1cccc2sc(Br)c(S)c12. The molecule has 0 radical (unpaired) electrons. The van der Waals surface area contributed by atoms with Gasteiger partial charge in [0, 0.05) is 20.5 Å². The first-order valence-electron chi connectivity index (χ1n) is 3.59. The third-order valence-electron chi connectivity index (χ3n) is 1.81. The van der Waals surface area contributed by atoms with E-state index in [0.717, 1.165) is 25.1 Å². The summed E-state index contributed by atoms with van der Waals surface area (Å²) in [6.45, 7) is 0. The topological polar surface area (TPSA) is 17.1 Å². The standard InChI is InChI=1S/C9H5BrOS2/c10-9-8(12)7-5(4-11)2-1-3-6(7)13-9/h1-4,12H. The van der Waals surface area contributed by atoms with Crippen molar-refractivity contribution >= 4 is 56.3 Å². The smallest absolute Gasteiger partial charge is 0.150 e. The molecule has 1 aromatic carbocycles. The Kier molecular flexibility index (Phi) is 2.45. The van der Waals surface area contributed by atoms with Crippen LogP contribution in [0.4, 0.5) is 0 Å². The number of carbonyl (C=O) groups excluding carboxylic acids is 1. The van der Waals surface area contributed by atoms with Crippen LogP contribution >= 0.6 is 39.9 Å². The molecule has 0 N–H and O–H groups in total. The van der Waals surface area contributed by atoms with E-state index in [1.807, 2.05) is 12.1 Å². The van der Waals surface area contributed by atoms with Crippen LogP contribution < -0.4 is 0 Å². The molecule has 0 amide bonds. The van der Waals surface area contributed by atoms with Gasteiger partial charge in [-0.1, -0.05) is 12.1 Å². The van der Waals surface area contributed by atoms with Gasteiger partial charge >= 0.3 is 0 Å². The van der Waals surface area contributed by atoms with Crippen molar-refractivity contribution in [1.82, 2.24) is 0 Å². The van der Waals surface area contributed by atoms with Crippen molar-refractivity contribution in [3.05, 3.63) is 27.5 Å². The third kappa shape index (κ3) is 1.43. The molecule has 2 aromatic rings. The number of fused-ring (bicyclic) bond motifs is 1. The molecule has 1 nitrogen and oxygen atoms in total. The maximum atomic E-state index is 10.7. The first-order valence-corrected chi connectivity index (χ1v) is 5.65. The summed E-state index contributed by atoms with van der Waals surface area (Å²) >= 11 is 9.33. The van der Waals surface area contributed by atoms with Crippen LogP contribution in [-0.4, -0.2) is 6.29 Å². The Hall–Kier alpha value is -0.320. The van der Waals surface area contributed by atoms with Crippen molar-refractivity contribution in [3.63, 3.8) is 0 Å². The van der Waals surface area contributed by atoms with Crippen molar-refractivity contribution in [2.24, 2.45) is 0 Å². The largest absolute Gasteiger partial charge is 0.298 e. The Bertz CT molecular complexity index is 476. The van der Waals surface area contributed by atoms with Crippen LogP contribution in [0.25, 0.3) is 10.1 Å². The lowest BCUT2D eigenvalue weighted by Gasteiger charge is -1.94. The normalized spacial score (nSPS) is 10.6. The highest BCUT2D eigenvalue weighted by Gasteiger charge is 2.09. The molecule has 0 aliphatic rings. The Morgan fingerprint density at radius 1 is 1.46 bits per heavy atom. The summed E-state index contributed by atoms with van der Waals surface area (Å²) in [5.74, 6) is 0. The highest BCUT2D eigenvalue weighted by Crippen LogP contribution is 2.38. The van der Waals surface area contributed by atoms with Gasteiger partial charge in [0.25, 0.3) is 0 Å². The molecular weight excluding hydrogens is 268 g/mol. The zero-order valence-corrected chi connectivity index (χ0v) is 9.75. The van der Waals surface area contributed by atoms with Gasteiger partial charge in [-0.25, -0.2) is 0 Å². The second-order valence-electron chi connectivity index (χ2n) is 2.56. The van der Waals surface area contributed by atoms with E-state index in [2.05, 4.69) is 28.6 Å². The molecule has 2 rings (SSSR count). The van der Waals surface area contributed by atoms with Gasteiger partial charge in [-0.15, -0.1) is 24.0 Å². The third-order valence-corrected chi connectivity index (χ3v) is 4.54. The molecule has 1 aromatic heterocycles. The van der Waals surface area contributed by atoms with Gasteiger partial charge in [-0.05, 0) is 22.0 Å². The minimum atomic E-state index is 0.699. The fourth-order valence-corrected chi connectivity index (χ4v) is 3.27. The molecule has 0 aliphatic carbocycles. The Balaban J connectivity index is 2.94. The summed E-state index contributed by atoms with van der Waals surface area (Å²) < 4.78 is 2.06. The van der Waals surface area contributed by atoms with Crippen LogP contribution in [0.2, 0.25) is 0 Å². The molecule has 0 fully saturated rings. The number of benzene rings is 1. The first-order chi connectivity index (χ1) is 6.24. The summed E-state index contributed by atoms with van der Waals surface area (Å²) in [4.78, 5) is 11.6. The van der Waals surface area contributed by atoms with E-state index in [1.165, 1.54) is 0 Å². The number of aldehydes is 1. The molecule has 1 heterocycles. The molecule has 0 saturated heterocycles. The highest BCUT2D eigenvalue weighted by molar-refractivity contribution is 9.11. The van der Waals surface area contributed by atoms with Gasteiger partial charge in [0.15, 0.2) is 6.29 Å². The monoisotopic (exact) mass is 272 g/mol. The van der Waals surface area contributed by atoms with E-state index in [-0.39, 0.29) is 0 Å². The van der Waals surface area contributed by atoms with Gasteiger partial charge in [0.05, 0.1) is 3.79 Å². The number of hydrogen-bond donors (Lipinski definition) is 1.